The molecule has 110 valence electrons. The Morgan fingerprint density at radius 1 is 1.52 bits per heavy atom. The fraction of sp³-hybridized carbons (Fsp3) is 0.385. The maximum atomic E-state index is 11.1. The molecular weight excluding hydrogens is 383 g/mol. The van der Waals surface area contributed by atoms with E-state index in [4.69, 9.17) is 5.73 Å². The number of hydrogen-bond acceptors (Lipinski definition) is 6. The van der Waals surface area contributed by atoms with Crippen molar-refractivity contribution in [3.63, 3.8) is 0 Å². The monoisotopic (exact) mass is 398 g/mol. The maximum absolute atomic E-state index is 11.1. The second kappa shape index (κ2) is 5.58. The number of nitrogens with zero attached hydrogens (tertiary/aromatic N) is 5. The minimum atomic E-state index is 0.181. The molecule has 1 aliphatic rings. The van der Waals surface area contributed by atoms with Crippen LogP contribution in [-0.2, 0) is 4.79 Å². The first-order chi connectivity index (χ1) is 10.2. The number of allylic oxidation sites excluding steroid dienone is 2. The third-order valence-corrected chi connectivity index (χ3v) is 4.52. The summed E-state index contributed by atoms with van der Waals surface area (Å²) in [6.45, 7) is 3.45. The lowest BCUT2D eigenvalue weighted by Gasteiger charge is -2.18. The Balaban J connectivity index is 1.96. The van der Waals surface area contributed by atoms with Crippen molar-refractivity contribution in [3.05, 3.63) is 21.8 Å². The van der Waals surface area contributed by atoms with Crippen LogP contribution >= 0.6 is 22.6 Å². The SMILES string of the molecule is CC=C(C=O)N1CCC(n2nc(I)c3c(N)ncnc32)C1. The minimum Gasteiger partial charge on any atom is -0.383 e. The van der Waals surface area contributed by atoms with Gasteiger partial charge in [0, 0.05) is 13.1 Å². The molecule has 3 heterocycles. The summed E-state index contributed by atoms with van der Waals surface area (Å²) in [5.41, 5.74) is 7.39. The van der Waals surface area contributed by atoms with Gasteiger partial charge in [-0.15, -0.1) is 0 Å². The first kappa shape index (κ1) is 14.2. The third kappa shape index (κ3) is 2.37. The number of nitrogens with two attached hydrogens (primary N) is 1. The average Bonchev–Trinajstić information content (AvgIpc) is 3.06. The molecule has 0 spiro atoms. The first-order valence-corrected chi connectivity index (χ1v) is 7.74. The van der Waals surface area contributed by atoms with Gasteiger partial charge in [-0.1, -0.05) is 6.08 Å². The molecule has 2 aromatic rings. The molecule has 1 unspecified atom stereocenters. The fourth-order valence-corrected chi connectivity index (χ4v) is 3.46. The predicted octanol–water partition coefficient (Wildman–Crippen LogP) is 1.36. The van der Waals surface area contributed by atoms with E-state index < -0.39 is 0 Å². The van der Waals surface area contributed by atoms with Crippen molar-refractivity contribution in [2.75, 3.05) is 18.8 Å². The van der Waals surface area contributed by atoms with Crippen LogP contribution < -0.4 is 5.73 Å². The second-order valence-corrected chi connectivity index (χ2v) is 5.93. The topological polar surface area (TPSA) is 89.9 Å². The van der Waals surface area contributed by atoms with Crippen LogP contribution in [0.4, 0.5) is 5.82 Å². The van der Waals surface area contributed by atoms with E-state index in [0.717, 1.165) is 46.2 Å². The number of aldehydes is 1. The smallest absolute Gasteiger partial charge is 0.165 e. The maximum Gasteiger partial charge on any atom is 0.165 e. The lowest BCUT2D eigenvalue weighted by Crippen LogP contribution is -2.22. The molecule has 1 aliphatic heterocycles. The molecule has 0 radical (unpaired) electrons. The number of anilines is 1. The predicted molar refractivity (Wildman–Crippen MR) is 87.5 cm³/mol. The van der Waals surface area contributed by atoms with Crippen LogP contribution in [0.15, 0.2) is 18.1 Å². The summed E-state index contributed by atoms with van der Waals surface area (Å²) in [7, 11) is 0. The number of hydrogen-bond donors (Lipinski definition) is 1. The van der Waals surface area contributed by atoms with Crippen LogP contribution in [-0.4, -0.2) is 44.0 Å². The molecule has 1 atom stereocenters. The van der Waals surface area contributed by atoms with Gasteiger partial charge in [0.15, 0.2) is 11.9 Å². The lowest BCUT2D eigenvalue weighted by atomic mass is 10.2. The van der Waals surface area contributed by atoms with Gasteiger partial charge in [-0.05, 0) is 35.9 Å². The van der Waals surface area contributed by atoms with Gasteiger partial charge in [0.25, 0.3) is 0 Å². The number of aromatic nitrogens is 4. The third-order valence-electron chi connectivity index (χ3n) is 3.77. The number of carbonyl (C=O) groups excluding carboxylic acids is 1. The summed E-state index contributed by atoms with van der Waals surface area (Å²) < 4.78 is 2.72. The van der Waals surface area contributed by atoms with Crippen molar-refractivity contribution in [2.24, 2.45) is 0 Å². The highest BCUT2D eigenvalue weighted by Crippen LogP contribution is 2.30. The van der Waals surface area contributed by atoms with Gasteiger partial charge in [0.2, 0.25) is 0 Å². The number of nitrogen functional groups attached to an aromatic ring is 1. The van der Waals surface area contributed by atoms with Crippen LogP contribution in [0.5, 0.6) is 0 Å². The standard InChI is InChI=1S/C13H15IN6O/c1-2-8(6-21)19-4-3-9(5-19)20-13-10(11(14)18-20)12(15)16-7-17-13/h2,6-7,9H,3-5H2,1H3,(H2,15,16,17). The molecule has 0 aromatic carbocycles. The number of carbonyl (C=O) groups is 1. The Kier molecular flexibility index (Phi) is 3.79. The molecule has 0 bridgehead atoms. The summed E-state index contributed by atoms with van der Waals surface area (Å²) in [6, 6.07) is 0.181. The van der Waals surface area contributed by atoms with E-state index in [1.54, 1.807) is 0 Å². The Morgan fingerprint density at radius 2 is 2.33 bits per heavy atom. The summed E-state index contributed by atoms with van der Waals surface area (Å²) in [6.07, 6.45) is 5.11. The largest absolute Gasteiger partial charge is 0.383 e. The lowest BCUT2D eigenvalue weighted by molar-refractivity contribution is -0.106. The quantitative estimate of drug-likeness (QED) is 0.477. The van der Waals surface area contributed by atoms with Crippen molar-refractivity contribution in [3.8, 4) is 0 Å². The molecule has 1 fully saturated rings. The van der Waals surface area contributed by atoms with E-state index in [9.17, 15) is 4.79 Å². The zero-order valence-electron chi connectivity index (χ0n) is 11.5. The van der Waals surface area contributed by atoms with Crippen molar-refractivity contribution >= 4 is 45.7 Å². The van der Waals surface area contributed by atoms with Crippen molar-refractivity contribution < 1.29 is 4.79 Å². The molecule has 0 aliphatic carbocycles. The van der Waals surface area contributed by atoms with E-state index in [2.05, 4.69) is 42.6 Å². The highest BCUT2D eigenvalue weighted by molar-refractivity contribution is 14.1. The summed E-state index contributed by atoms with van der Waals surface area (Å²) in [4.78, 5) is 21.5. The van der Waals surface area contributed by atoms with Crippen molar-refractivity contribution in [1.29, 1.82) is 0 Å². The highest BCUT2D eigenvalue weighted by Gasteiger charge is 2.28. The van der Waals surface area contributed by atoms with Gasteiger partial charge in [-0.3, -0.25) is 4.79 Å². The Morgan fingerprint density at radius 3 is 3.05 bits per heavy atom. The fourth-order valence-electron chi connectivity index (χ4n) is 2.71. The van der Waals surface area contributed by atoms with E-state index in [0.29, 0.717) is 5.82 Å². The summed E-state index contributed by atoms with van der Waals surface area (Å²) in [5, 5.41) is 5.37. The molecule has 7 nitrogen and oxygen atoms in total. The Bertz CT molecular complexity index is 725. The van der Waals surface area contributed by atoms with Gasteiger partial charge in [-0.2, -0.15) is 5.10 Å². The van der Waals surface area contributed by atoms with Crippen molar-refractivity contribution in [2.45, 2.75) is 19.4 Å². The number of halogens is 1. The molecule has 0 saturated carbocycles. The highest BCUT2D eigenvalue weighted by atomic mass is 127. The zero-order valence-corrected chi connectivity index (χ0v) is 13.7. The van der Waals surface area contributed by atoms with Crippen LogP contribution in [0.25, 0.3) is 11.0 Å². The summed E-state index contributed by atoms with van der Waals surface area (Å²) in [5.74, 6) is 0.451. The van der Waals surface area contributed by atoms with Crippen molar-refractivity contribution in [1.82, 2.24) is 24.6 Å². The first-order valence-electron chi connectivity index (χ1n) is 6.66. The van der Waals surface area contributed by atoms with Crippen LogP contribution in [0.3, 0.4) is 0 Å². The van der Waals surface area contributed by atoms with Gasteiger partial charge in [0.05, 0.1) is 17.1 Å². The number of likely N-dealkylation sites (tertiary alicyclic amines) is 1. The second-order valence-electron chi connectivity index (χ2n) is 4.91. The van der Waals surface area contributed by atoms with Gasteiger partial charge < -0.3 is 10.6 Å². The molecule has 3 rings (SSSR count). The van der Waals surface area contributed by atoms with Gasteiger partial charge in [-0.25, -0.2) is 14.6 Å². The van der Waals surface area contributed by atoms with Crippen LogP contribution in [0.2, 0.25) is 0 Å². The van der Waals surface area contributed by atoms with E-state index >= 15 is 0 Å². The molecular formula is C13H15IN6O. The summed E-state index contributed by atoms with van der Waals surface area (Å²) >= 11 is 2.15. The van der Waals surface area contributed by atoms with Gasteiger partial charge >= 0.3 is 0 Å². The molecule has 0 amide bonds. The number of fused-ring (bicyclic) bond motifs is 1. The zero-order chi connectivity index (χ0) is 15.0. The van der Waals surface area contributed by atoms with E-state index in [1.807, 2.05) is 17.7 Å². The normalized spacial score (nSPS) is 19.4. The van der Waals surface area contributed by atoms with Crippen LogP contribution in [0, 0.1) is 3.70 Å². The average molecular weight is 398 g/mol. The Hall–Kier alpha value is -1.71. The van der Waals surface area contributed by atoms with Crippen LogP contribution in [0.1, 0.15) is 19.4 Å². The Labute approximate surface area is 135 Å². The molecule has 2 aromatic heterocycles. The minimum absolute atomic E-state index is 0.181. The molecule has 1 saturated heterocycles. The van der Waals surface area contributed by atoms with E-state index in [1.165, 1.54) is 6.33 Å². The molecule has 21 heavy (non-hydrogen) atoms. The van der Waals surface area contributed by atoms with Gasteiger partial charge in [0.1, 0.15) is 15.8 Å². The van der Waals surface area contributed by atoms with E-state index in [-0.39, 0.29) is 6.04 Å². The number of rotatable bonds is 3. The molecule has 2 N–H and O–H groups in total. The molecule has 8 heteroatoms.